The van der Waals surface area contributed by atoms with Gasteiger partial charge in [-0.2, -0.15) is 0 Å². The third kappa shape index (κ3) is 4.96. The molecule has 0 saturated heterocycles. The number of esters is 1. The highest BCUT2D eigenvalue weighted by Crippen LogP contribution is 2.16. The maximum absolute atomic E-state index is 11.7. The van der Waals surface area contributed by atoms with Gasteiger partial charge < -0.3 is 20.1 Å². The van der Waals surface area contributed by atoms with Crippen molar-refractivity contribution in [2.24, 2.45) is 0 Å². The summed E-state index contributed by atoms with van der Waals surface area (Å²) in [7, 11) is 1.62. The number of carbonyl (C=O) groups is 1. The molecule has 0 bridgehead atoms. The van der Waals surface area contributed by atoms with Gasteiger partial charge in [-0.3, -0.25) is 0 Å². The fraction of sp³-hybridized carbons (Fsp3) is 0.176. The molecule has 2 aromatic rings. The zero-order chi connectivity index (χ0) is 16.7. The lowest BCUT2D eigenvalue weighted by Crippen LogP contribution is -2.19. The first kappa shape index (κ1) is 16.8. The van der Waals surface area contributed by atoms with Crippen LogP contribution in [0.3, 0.4) is 0 Å². The van der Waals surface area contributed by atoms with Crippen molar-refractivity contribution in [3.63, 3.8) is 0 Å². The molecule has 2 aromatic carbocycles. The van der Waals surface area contributed by atoms with Gasteiger partial charge in [0.05, 0.1) is 19.3 Å². The largest absolute Gasteiger partial charge is 0.497 e. The molecular formula is C17H18N2O3S. The fourth-order valence-electron chi connectivity index (χ4n) is 1.91. The van der Waals surface area contributed by atoms with Gasteiger partial charge in [0.1, 0.15) is 5.75 Å². The first-order valence-corrected chi connectivity index (χ1v) is 7.52. The molecule has 0 saturated carbocycles. The van der Waals surface area contributed by atoms with Crippen molar-refractivity contribution in [2.45, 2.75) is 6.92 Å². The van der Waals surface area contributed by atoms with Crippen molar-refractivity contribution < 1.29 is 14.3 Å². The predicted octanol–water partition coefficient (Wildman–Crippen LogP) is 3.68. The number of carbonyl (C=O) groups excluding carboxylic acids is 1. The molecule has 120 valence electrons. The first-order valence-electron chi connectivity index (χ1n) is 7.11. The zero-order valence-electron chi connectivity index (χ0n) is 13.0. The standard InChI is InChI=1S/C17H18N2O3S/c1-3-22-16(20)12-5-4-6-14(11-12)19-17(23)18-13-7-9-15(21-2)10-8-13/h4-11H,3H2,1-2H3,(H2,18,19,23). The Balaban J connectivity index is 1.99. The number of benzene rings is 2. The summed E-state index contributed by atoms with van der Waals surface area (Å²) >= 11 is 5.27. The number of hydrogen-bond acceptors (Lipinski definition) is 4. The van der Waals surface area contributed by atoms with Crippen molar-refractivity contribution in [1.82, 2.24) is 0 Å². The molecule has 0 atom stereocenters. The van der Waals surface area contributed by atoms with Crippen molar-refractivity contribution in [3.8, 4) is 5.75 Å². The van der Waals surface area contributed by atoms with Gasteiger partial charge >= 0.3 is 5.97 Å². The Bertz CT molecular complexity index is 686. The minimum absolute atomic E-state index is 0.341. The molecule has 23 heavy (non-hydrogen) atoms. The van der Waals surface area contributed by atoms with E-state index in [0.29, 0.717) is 23.0 Å². The van der Waals surface area contributed by atoms with E-state index in [1.165, 1.54) is 0 Å². The van der Waals surface area contributed by atoms with E-state index in [9.17, 15) is 4.79 Å². The quantitative estimate of drug-likeness (QED) is 0.644. The Kier molecular flexibility index (Phi) is 5.94. The smallest absolute Gasteiger partial charge is 0.338 e. The van der Waals surface area contributed by atoms with Crippen LogP contribution in [-0.4, -0.2) is 24.8 Å². The second-order valence-corrected chi connectivity index (χ2v) is 5.02. The molecule has 0 amide bonds. The Hall–Kier alpha value is -2.60. The van der Waals surface area contributed by atoms with Crippen LogP contribution in [0.25, 0.3) is 0 Å². The van der Waals surface area contributed by atoms with E-state index in [-0.39, 0.29) is 5.97 Å². The number of methoxy groups -OCH3 is 1. The molecule has 2 rings (SSSR count). The van der Waals surface area contributed by atoms with E-state index in [2.05, 4.69) is 10.6 Å². The molecule has 0 aliphatic carbocycles. The minimum Gasteiger partial charge on any atom is -0.497 e. The molecule has 0 fully saturated rings. The van der Waals surface area contributed by atoms with E-state index in [1.54, 1.807) is 32.2 Å². The van der Waals surface area contributed by atoms with Crippen LogP contribution in [0.15, 0.2) is 48.5 Å². The summed E-state index contributed by atoms with van der Waals surface area (Å²) < 4.78 is 10.1. The first-order chi connectivity index (χ1) is 11.1. The molecule has 0 heterocycles. The predicted molar refractivity (Wildman–Crippen MR) is 95.2 cm³/mol. The second kappa shape index (κ2) is 8.14. The second-order valence-electron chi connectivity index (χ2n) is 4.61. The van der Waals surface area contributed by atoms with E-state index < -0.39 is 0 Å². The van der Waals surface area contributed by atoms with Gasteiger partial charge in [0, 0.05) is 11.4 Å². The average molecular weight is 330 g/mol. The molecule has 0 radical (unpaired) electrons. The molecule has 6 heteroatoms. The van der Waals surface area contributed by atoms with E-state index in [4.69, 9.17) is 21.7 Å². The van der Waals surface area contributed by atoms with Crippen molar-refractivity contribution in [3.05, 3.63) is 54.1 Å². The van der Waals surface area contributed by atoms with Crippen LogP contribution < -0.4 is 15.4 Å². The SMILES string of the molecule is CCOC(=O)c1cccc(NC(=S)Nc2ccc(OC)cc2)c1. The minimum atomic E-state index is -0.356. The van der Waals surface area contributed by atoms with Gasteiger partial charge in [0.15, 0.2) is 5.11 Å². The number of anilines is 2. The maximum atomic E-state index is 11.7. The molecule has 5 nitrogen and oxygen atoms in total. The normalized spacial score (nSPS) is 9.83. The third-order valence-corrected chi connectivity index (χ3v) is 3.18. The molecule has 0 aliphatic heterocycles. The number of thiocarbonyl (C=S) groups is 1. The third-order valence-electron chi connectivity index (χ3n) is 2.98. The lowest BCUT2D eigenvalue weighted by molar-refractivity contribution is 0.0526. The van der Waals surface area contributed by atoms with Gasteiger partial charge in [0.25, 0.3) is 0 Å². The molecular weight excluding hydrogens is 312 g/mol. The molecule has 0 aromatic heterocycles. The summed E-state index contributed by atoms with van der Waals surface area (Å²) in [5.41, 5.74) is 2.02. The summed E-state index contributed by atoms with van der Waals surface area (Å²) in [4.78, 5) is 11.7. The molecule has 2 N–H and O–H groups in total. The number of ether oxygens (including phenoxy) is 2. The highest BCUT2D eigenvalue weighted by atomic mass is 32.1. The Morgan fingerprint density at radius 2 is 1.78 bits per heavy atom. The summed E-state index contributed by atoms with van der Waals surface area (Å²) in [6, 6.07) is 14.4. The summed E-state index contributed by atoms with van der Waals surface area (Å²) in [5, 5.41) is 6.53. The highest BCUT2D eigenvalue weighted by Gasteiger charge is 2.07. The van der Waals surface area contributed by atoms with Crippen LogP contribution in [-0.2, 0) is 4.74 Å². The Morgan fingerprint density at radius 3 is 2.43 bits per heavy atom. The maximum Gasteiger partial charge on any atom is 0.338 e. The van der Waals surface area contributed by atoms with Gasteiger partial charge in [0.2, 0.25) is 0 Å². The number of nitrogens with one attached hydrogen (secondary N) is 2. The van der Waals surface area contributed by atoms with E-state index in [0.717, 1.165) is 11.4 Å². The van der Waals surface area contributed by atoms with Crippen LogP contribution in [0.1, 0.15) is 17.3 Å². The monoisotopic (exact) mass is 330 g/mol. The topological polar surface area (TPSA) is 59.6 Å². The van der Waals surface area contributed by atoms with Crippen LogP contribution in [0.4, 0.5) is 11.4 Å². The summed E-state index contributed by atoms with van der Waals surface area (Å²) in [6.45, 7) is 2.11. The van der Waals surface area contributed by atoms with Crippen LogP contribution in [0.2, 0.25) is 0 Å². The van der Waals surface area contributed by atoms with Crippen LogP contribution in [0.5, 0.6) is 5.75 Å². The van der Waals surface area contributed by atoms with Gasteiger partial charge in [-0.15, -0.1) is 0 Å². The highest BCUT2D eigenvalue weighted by molar-refractivity contribution is 7.80. The van der Waals surface area contributed by atoms with Crippen molar-refractivity contribution >= 4 is 34.7 Å². The Labute approximate surface area is 140 Å². The number of rotatable bonds is 5. The van der Waals surface area contributed by atoms with Gasteiger partial charge in [-0.05, 0) is 61.6 Å². The van der Waals surface area contributed by atoms with E-state index >= 15 is 0 Å². The molecule has 0 spiro atoms. The van der Waals surface area contributed by atoms with Crippen molar-refractivity contribution in [1.29, 1.82) is 0 Å². The average Bonchev–Trinajstić information content (AvgIpc) is 2.56. The lowest BCUT2D eigenvalue weighted by Gasteiger charge is -2.11. The molecule has 0 unspecified atom stereocenters. The van der Waals surface area contributed by atoms with Gasteiger partial charge in [-0.1, -0.05) is 6.07 Å². The van der Waals surface area contributed by atoms with Gasteiger partial charge in [-0.25, -0.2) is 4.79 Å². The fourth-order valence-corrected chi connectivity index (χ4v) is 2.14. The summed E-state index contributed by atoms with van der Waals surface area (Å²) in [5.74, 6) is 0.418. The zero-order valence-corrected chi connectivity index (χ0v) is 13.8. The summed E-state index contributed by atoms with van der Waals surface area (Å²) in [6.07, 6.45) is 0. The molecule has 0 aliphatic rings. The van der Waals surface area contributed by atoms with Crippen LogP contribution >= 0.6 is 12.2 Å². The van der Waals surface area contributed by atoms with Crippen LogP contribution in [0, 0.1) is 0 Å². The lowest BCUT2D eigenvalue weighted by atomic mass is 10.2. The number of hydrogen-bond donors (Lipinski definition) is 2. The van der Waals surface area contributed by atoms with Crippen molar-refractivity contribution in [2.75, 3.05) is 24.4 Å². The Morgan fingerprint density at radius 1 is 1.09 bits per heavy atom. The van der Waals surface area contributed by atoms with E-state index in [1.807, 2.05) is 30.3 Å².